The molecule has 21 heavy (non-hydrogen) atoms. The molecule has 0 spiro atoms. The first-order chi connectivity index (χ1) is 10.1. The van der Waals surface area contributed by atoms with Gasteiger partial charge in [0.2, 0.25) is 5.91 Å². The number of hydrogen-bond acceptors (Lipinski definition) is 3. The van der Waals surface area contributed by atoms with Crippen LogP contribution in [0.5, 0.6) is 0 Å². The van der Waals surface area contributed by atoms with Gasteiger partial charge < -0.3 is 11.1 Å². The molecule has 2 rings (SSSR count). The number of amides is 1. The van der Waals surface area contributed by atoms with Gasteiger partial charge in [-0.05, 0) is 30.0 Å². The Balaban J connectivity index is 2.05. The van der Waals surface area contributed by atoms with E-state index in [0.29, 0.717) is 12.1 Å². The molecule has 0 aliphatic heterocycles. The van der Waals surface area contributed by atoms with Crippen molar-refractivity contribution >= 4 is 17.2 Å². The topological polar surface area (TPSA) is 55.1 Å². The van der Waals surface area contributed by atoms with Gasteiger partial charge in [-0.2, -0.15) is 0 Å². The average Bonchev–Trinajstić information content (AvgIpc) is 2.98. The lowest BCUT2D eigenvalue weighted by atomic mass is 10.1. The van der Waals surface area contributed by atoms with Crippen molar-refractivity contribution in [1.82, 2.24) is 5.32 Å². The van der Waals surface area contributed by atoms with Crippen LogP contribution in [0.25, 0.3) is 0 Å². The fourth-order valence-corrected chi connectivity index (χ4v) is 3.04. The van der Waals surface area contributed by atoms with Crippen molar-refractivity contribution < 1.29 is 9.18 Å². The molecular formula is C16H19FN2OS. The third-order valence-corrected chi connectivity index (χ3v) is 4.33. The predicted octanol–water partition coefficient (Wildman–Crippen LogP) is 3.62. The maximum absolute atomic E-state index is 13.9. The quantitative estimate of drug-likeness (QED) is 0.821. The Labute approximate surface area is 128 Å². The Kier molecular flexibility index (Phi) is 5.47. The highest BCUT2D eigenvalue weighted by Crippen LogP contribution is 2.24. The van der Waals surface area contributed by atoms with Crippen LogP contribution in [0.2, 0.25) is 0 Å². The van der Waals surface area contributed by atoms with Gasteiger partial charge in [0, 0.05) is 28.6 Å². The number of rotatable bonds is 7. The Morgan fingerprint density at radius 1 is 1.43 bits per heavy atom. The van der Waals surface area contributed by atoms with Gasteiger partial charge in [0.05, 0.1) is 0 Å². The Hall–Kier alpha value is -1.72. The minimum atomic E-state index is -0.615. The summed E-state index contributed by atoms with van der Waals surface area (Å²) in [6.45, 7) is 2.55. The highest BCUT2D eigenvalue weighted by atomic mass is 32.1. The Morgan fingerprint density at radius 3 is 2.81 bits per heavy atom. The highest BCUT2D eigenvalue weighted by Gasteiger charge is 2.13. The van der Waals surface area contributed by atoms with Gasteiger partial charge in [0.15, 0.2) is 0 Å². The Bertz CT molecular complexity index is 598. The van der Waals surface area contributed by atoms with Gasteiger partial charge in [0.1, 0.15) is 5.82 Å². The van der Waals surface area contributed by atoms with Crippen LogP contribution in [0.3, 0.4) is 0 Å². The highest BCUT2D eigenvalue weighted by molar-refractivity contribution is 7.10. The molecule has 3 nitrogen and oxygen atoms in total. The predicted molar refractivity (Wildman–Crippen MR) is 83.7 cm³/mol. The van der Waals surface area contributed by atoms with Crippen LogP contribution in [-0.4, -0.2) is 5.91 Å². The van der Waals surface area contributed by atoms with E-state index in [4.69, 9.17) is 5.73 Å². The van der Waals surface area contributed by atoms with Crippen LogP contribution in [0.4, 0.5) is 4.39 Å². The van der Waals surface area contributed by atoms with Gasteiger partial charge >= 0.3 is 0 Å². The SMILES string of the molecule is CCCC(NCc1ccc(C(N)=O)cc1F)c1cccs1. The van der Waals surface area contributed by atoms with Gasteiger partial charge in [0.25, 0.3) is 0 Å². The van der Waals surface area contributed by atoms with Crippen LogP contribution in [0.1, 0.15) is 46.6 Å². The van der Waals surface area contributed by atoms with Crippen LogP contribution >= 0.6 is 11.3 Å². The van der Waals surface area contributed by atoms with E-state index in [1.54, 1.807) is 23.5 Å². The molecule has 0 aliphatic rings. The number of halogens is 1. The summed E-state index contributed by atoms with van der Waals surface area (Å²) in [6, 6.07) is 8.70. The summed E-state index contributed by atoms with van der Waals surface area (Å²) in [5, 5.41) is 5.43. The number of thiophene rings is 1. The van der Waals surface area contributed by atoms with Gasteiger partial charge in [-0.1, -0.05) is 25.5 Å². The lowest BCUT2D eigenvalue weighted by Gasteiger charge is -2.17. The molecule has 5 heteroatoms. The summed E-state index contributed by atoms with van der Waals surface area (Å²) >= 11 is 1.70. The molecule has 0 saturated heterocycles. The molecule has 0 saturated carbocycles. The zero-order valence-electron chi connectivity index (χ0n) is 11.9. The zero-order valence-corrected chi connectivity index (χ0v) is 12.8. The van der Waals surface area contributed by atoms with Crippen molar-refractivity contribution in [2.24, 2.45) is 5.73 Å². The minimum Gasteiger partial charge on any atom is -0.366 e. The van der Waals surface area contributed by atoms with E-state index >= 15 is 0 Å². The summed E-state index contributed by atoms with van der Waals surface area (Å²) in [5.74, 6) is -1.02. The molecule has 0 fully saturated rings. The largest absolute Gasteiger partial charge is 0.366 e. The number of nitrogens with two attached hydrogens (primary N) is 1. The third kappa shape index (κ3) is 4.12. The average molecular weight is 306 g/mol. The van der Waals surface area contributed by atoms with Crippen molar-refractivity contribution in [1.29, 1.82) is 0 Å². The van der Waals surface area contributed by atoms with Gasteiger partial charge in [-0.15, -0.1) is 11.3 Å². The van der Waals surface area contributed by atoms with Crippen molar-refractivity contribution in [2.75, 3.05) is 0 Å². The standard InChI is InChI=1S/C16H19FN2OS/c1-2-4-14(15-5-3-8-21-15)19-10-12-7-6-11(16(18)20)9-13(12)17/h3,5-9,14,19H,2,4,10H2,1H3,(H2,18,20). The molecule has 0 radical (unpaired) electrons. The summed E-state index contributed by atoms with van der Waals surface area (Å²) in [4.78, 5) is 12.3. The third-order valence-electron chi connectivity index (χ3n) is 3.34. The van der Waals surface area contributed by atoms with E-state index in [2.05, 4.69) is 18.3 Å². The molecule has 1 atom stereocenters. The van der Waals surface area contributed by atoms with Crippen LogP contribution in [0, 0.1) is 5.82 Å². The normalized spacial score (nSPS) is 12.3. The maximum Gasteiger partial charge on any atom is 0.248 e. The number of hydrogen-bond donors (Lipinski definition) is 2. The first-order valence-corrected chi connectivity index (χ1v) is 7.84. The molecule has 1 aromatic carbocycles. The van der Waals surface area contributed by atoms with Crippen molar-refractivity contribution in [3.05, 3.63) is 57.5 Å². The fraction of sp³-hybridized carbons (Fsp3) is 0.312. The minimum absolute atomic E-state index is 0.194. The number of primary amides is 1. The molecule has 1 aromatic heterocycles. The lowest BCUT2D eigenvalue weighted by molar-refractivity contribution is 0.1000. The van der Waals surface area contributed by atoms with Gasteiger partial charge in [-0.3, -0.25) is 4.79 Å². The van der Waals surface area contributed by atoms with E-state index in [0.717, 1.165) is 12.8 Å². The zero-order chi connectivity index (χ0) is 15.2. The number of nitrogens with one attached hydrogen (secondary N) is 1. The molecule has 2 aromatic rings. The number of carbonyl (C=O) groups excluding carboxylic acids is 1. The van der Waals surface area contributed by atoms with Crippen molar-refractivity contribution in [2.45, 2.75) is 32.4 Å². The smallest absolute Gasteiger partial charge is 0.248 e. The molecule has 112 valence electrons. The van der Waals surface area contributed by atoms with Crippen LogP contribution in [-0.2, 0) is 6.54 Å². The van der Waals surface area contributed by atoms with E-state index < -0.39 is 11.7 Å². The number of carbonyl (C=O) groups is 1. The second-order valence-electron chi connectivity index (χ2n) is 4.91. The van der Waals surface area contributed by atoms with E-state index in [1.807, 2.05) is 11.4 Å². The van der Waals surface area contributed by atoms with E-state index in [9.17, 15) is 9.18 Å². The molecule has 0 aliphatic carbocycles. The molecule has 0 bridgehead atoms. The van der Waals surface area contributed by atoms with Crippen molar-refractivity contribution in [3.8, 4) is 0 Å². The second-order valence-corrected chi connectivity index (χ2v) is 5.89. The molecule has 1 amide bonds. The van der Waals surface area contributed by atoms with Crippen LogP contribution in [0.15, 0.2) is 35.7 Å². The molecule has 1 heterocycles. The van der Waals surface area contributed by atoms with E-state index in [1.165, 1.54) is 10.9 Å². The fourth-order valence-electron chi connectivity index (χ4n) is 2.20. The molecule has 1 unspecified atom stereocenters. The maximum atomic E-state index is 13.9. The Morgan fingerprint density at radius 2 is 2.24 bits per heavy atom. The summed E-state index contributed by atoms with van der Waals surface area (Å²) in [7, 11) is 0. The first kappa shape index (κ1) is 15.7. The van der Waals surface area contributed by atoms with Gasteiger partial charge in [-0.25, -0.2) is 4.39 Å². The van der Waals surface area contributed by atoms with Crippen molar-refractivity contribution in [3.63, 3.8) is 0 Å². The number of benzene rings is 1. The van der Waals surface area contributed by atoms with E-state index in [-0.39, 0.29) is 11.6 Å². The monoisotopic (exact) mass is 306 g/mol. The summed E-state index contributed by atoms with van der Waals surface area (Å²) in [6.07, 6.45) is 2.06. The first-order valence-electron chi connectivity index (χ1n) is 6.96. The lowest BCUT2D eigenvalue weighted by Crippen LogP contribution is -2.21. The van der Waals surface area contributed by atoms with Crippen LogP contribution < -0.4 is 11.1 Å². The summed E-state index contributed by atoms with van der Waals surface area (Å²) < 4.78 is 13.9. The summed E-state index contributed by atoms with van der Waals surface area (Å²) in [5.41, 5.74) is 5.87. The second kappa shape index (κ2) is 7.33. The molecule has 3 N–H and O–H groups in total. The molecular weight excluding hydrogens is 287 g/mol.